The highest BCUT2D eigenvalue weighted by molar-refractivity contribution is 5.54. The highest BCUT2D eigenvalue weighted by Crippen LogP contribution is 2.33. The maximum Gasteiger partial charge on any atom is 0.226 e. The molecule has 1 aromatic carbocycles. The third-order valence-electron chi connectivity index (χ3n) is 4.19. The largest absolute Gasteiger partial charge is 0.444 e. The fraction of sp³-hybridized carbons (Fsp3) is 0.471. The summed E-state index contributed by atoms with van der Waals surface area (Å²) in [5, 5.41) is 0. The van der Waals surface area contributed by atoms with Gasteiger partial charge in [-0.05, 0) is 43.0 Å². The van der Waals surface area contributed by atoms with Gasteiger partial charge < -0.3 is 10.2 Å². The van der Waals surface area contributed by atoms with E-state index in [-0.39, 0.29) is 0 Å². The molecule has 1 aliphatic carbocycles. The number of nitrogens with two attached hydrogens (primary N) is 1. The number of benzene rings is 1. The van der Waals surface area contributed by atoms with E-state index in [1.807, 2.05) is 0 Å². The molecular formula is C17H22N2O. The van der Waals surface area contributed by atoms with Crippen molar-refractivity contribution in [2.45, 2.75) is 44.4 Å². The molecule has 20 heavy (non-hydrogen) atoms. The van der Waals surface area contributed by atoms with Gasteiger partial charge in [0.05, 0.1) is 5.69 Å². The lowest BCUT2D eigenvalue weighted by molar-refractivity contribution is 0.443. The highest BCUT2D eigenvalue weighted by Gasteiger charge is 2.15. The molecule has 106 valence electrons. The van der Waals surface area contributed by atoms with Gasteiger partial charge >= 0.3 is 0 Å². The Balaban J connectivity index is 1.74. The molecule has 1 heterocycles. The topological polar surface area (TPSA) is 52.0 Å². The number of aromatic nitrogens is 1. The molecule has 0 aliphatic heterocycles. The molecule has 0 radical (unpaired) electrons. The quantitative estimate of drug-likeness (QED) is 0.917. The van der Waals surface area contributed by atoms with E-state index in [2.05, 4.69) is 29.2 Å². The summed E-state index contributed by atoms with van der Waals surface area (Å²) < 4.78 is 5.52. The first-order valence-corrected chi connectivity index (χ1v) is 7.61. The number of nitrogens with zero attached hydrogens (tertiary/aromatic N) is 1. The molecule has 1 fully saturated rings. The van der Waals surface area contributed by atoms with Gasteiger partial charge in [0.15, 0.2) is 0 Å². The highest BCUT2D eigenvalue weighted by atomic mass is 16.3. The third-order valence-corrected chi connectivity index (χ3v) is 4.19. The molecule has 3 rings (SSSR count). The summed E-state index contributed by atoms with van der Waals surface area (Å²) in [6.45, 7) is 0.604. The molecule has 0 saturated heterocycles. The zero-order valence-corrected chi connectivity index (χ0v) is 11.8. The van der Waals surface area contributed by atoms with Crippen LogP contribution in [0.5, 0.6) is 0 Å². The standard InChI is InChI=1S/C17H22N2O/c18-11-10-16-12-20-17(19-16)15-8-6-14(7-9-15)13-4-2-1-3-5-13/h6-9,12-13H,1-5,10-11,18H2. The van der Waals surface area contributed by atoms with Crippen molar-refractivity contribution in [1.29, 1.82) is 0 Å². The molecule has 2 N–H and O–H groups in total. The van der Waals surface area contributed by atoms with Gasteiger partial charge in [-0.1, -0.05) is 31.4 Å². The summed E-state index contributed by atoms with van der Waals surface area (Å²) in [4.78, 5) is 4.47. The SMILES string of the molecule is NCCc1coc(-c2ccc(C3CCCCC3)cc2)n1. The van der Waals surface area contributed by atoms with Crippen molar-refractivity contribution >= 4 is 0 Å². The van der Waals surface area contributed by atoms with Crippen LogP contribution in [0.4, 0.5) is 0 Å². The first kappa shape index (κ1) is 13.4. The summed E-state index contributed by atoms with van der Waals surface area (Å²) in [5.41, 5.74) is 8.97. The second-order valence-corrected chi connectivity index (χ2v) is 5.64. The Bertz CT molecular complexity index is 538. The van der Waals surface area contributed by atoms with Crippen molar-refractivity contribution < 1.29 is 4.42 Å². The van der Waals surface area contributed by atoms with Gasteiger partial charge in [-0.2, -0.15) is 0 Å². The molecule has 0 bridgehead atoms. The fourth-order valence-electron chi connectivity index (χ4n) is 3.04. The van der Waals surface area contributed by atoms with Crippen LogP contribution >= 0.6 is 0 Å². The first-order valence-electron chi connectivity index (χ1n) is 7.61. The fourth-order valence-corrected chi connectivity index (χ4v) is 3.04. The van der Waals surface area contributed by atoms with Crippen molar-refractivity contribution in [2.75, 3.05) is 6.54 Å². The molecule has 1 aliphatic rings. The van der Waals surface area contributed by atoms with Crippen LogP contribution in [0.25, 0.3) is 11.5 Å². The van der Waals surface area contributed by atoms with Gasteiger partial charge in [0.25, 0.3) is 0 Å². The Morgan fingerprint density at radius 2 is 1.85 bits per heavy atom. The monoisotopic (exact) mass is 270 g/mol. The smallest absolute Gasteiger partial charge is 0.226 e. The summed E-state index contributed by atoms with van der Waals surface area (Å²) in [6.07, 6.45) is 9.27. The first-order chi connectivity index (χ1) is 9.86. The minimum atomic E-state index is 0.604. The van der Waals surface area contributed by atoms with Crippen LogP contribution in [0.1, 0.15) is 49.3 Å². The van der Waals surface area contributed by atoms with Crippen LogP contribution in [0.2, 0.25) is 0 Å². The van der Waals surface area contributed by atoms with Gasteiger partial charge in [0, 0.05) is 12.0 Å². The molecule has 0 atom stereocenters. The van der Waals surface area contributed by atoms with Crippen LogP contribution in [0.15, 0.2) is 34.9 Å². The van der Waals surface area contributed by atoms with Crippen LogP contribution in [0.3, 0.4) is 0 Å². The normalized spacial score (nSPS) is 16.4. The molecular weight excluding hydrogens is 248 g/mol. The average Bonchev–Trinajstić information content (AvgIpc) is 2.97. The Morgan fingerprint density at radius 1 is 1.10 bits per heavy atom. The van der Waals surface area contributed by atoms with Crippen molar-refractivity contribution in [3.8, 4) is 11.5 Å². The lowest BCUT2D eigenvalue weighted by atomic mass is 9.84. The second kappa shape index (κ2) is 6.23. The van der Waals surface area contributed by atoms with E-state index in [0.29, 0.717) is 12.4 Å². The van der Waals surface area contributed by atoms with Crippen molar-refractivity contribution in [3.05, 3.63) is 41.8 Å². The summed E-state index contributed by atoms with van der Waals surface area (Å²) in [7, 11) is 0. The minimum Gasteiger partial charge on any atom is -0.444 e. The maximum absolute atomic E-state index is 5.53. The van der Waals surface area contributed by atoms with Gasteiger partial charge in [-0.15, -0.1) is 0 Å². The number of hydrogen-bond donors (Lipinski definition) is 1. The van der Waals surface area contributed by atoms with Crippen LogP contribution in [0, 0.1) is 0 Å². The summed E-state index contributed by atoms with van der Waals surface area (Å²) >= 11 is 0. The van der Waals surface area contributed by atoms with Gasteiger partial charge in [0.2, 0.25) is 5.89 Å². The molecule has 1 aromatic heterocycles. The lowest BCUT2D eigenvalue weighted by Crippen LogP contribution is -2.04. The van der Waals surface area contributed by atoms with Crippen LogP contribution < -0.4 is 5.73 Å². The van der Waals surface area contributed by atoms with E-state index in [0.717, 1.165) is 23.6 Å². The number of hydrogen-bond acceptors (Lipinski definition) is 3. The predicted molar refractivity (Wildman–Crippen MR) is 80.5 cm³/mol. The Labute approximate surface area is 120 Å². The van der Waals surface area contributed by atoms with Crippen LogP contribution in [-0.4, -0.2) is 11.5 Å². The Morgan fingerprint density at radius 3 is 2.55 bits per heavy atom. The molecule has 1 saturated carbocycles. The Hall–Kier alpha value is -1.61. The van der Waals surface area contributed by atoms with E-state index in [9.17, 15) is 0 Å². The predicted octanol–water partition coefficient (Wildman–Crippen LogP) is 3.89. The van der Waals surface area contributed by atoms with E-state index in [1.54, 1.807) is 6.26 Å². The molecule has 3 heteroatoms. The van der Waals surface area contributed by atoms with Gasteiger partial charge in [0.1, 0.15) is 6.26 Å². The molecule has 0 unspecified atom stereocenters. The third kappa shape index (κ3) is 2.93. The maximum atomic E-state index is 5.53. The van der Waals surface area contributed by atoms with Crippen molar-refractivity contribution in [1.82, 2.24) is 4.98 Å². The lowest BCUT2D eigenvalue weighted by Gasteiger charge is -2.21. The molecule has 3 nitrogen and oxygen atoms in total. The average molecular weight is 270 g/mol. The van der Waals surface area contributed by atoms with Crippen molar-refractivity contribution in [2.24, 2.45) is 5.73 Å². The number of rotatable bonds is 4. The van der Waals surface area contributed by atoms with Gasteiger partial charge in [-0.25, -0.2) is 4.98 Å². The zero-order chi connectivity index (χ0) is 13.8. The molecule has 0 spiro atoms. The van der Waals surface area contributed by atoms with E-state index >= 15 is 0 Å². The molecule has 0 amide bonds. The summed E-state index contributed by atoms with van der Waals surface area (Å²) in [5.74, 6) is 1.44. The second-order valence-electron chi connectivity index (χ2n) is 5.64. The van der Waals surface area contributed by atoms with E-state index in [1.165, 1.54) is 37.7 Å². The Kier molecular flexibility index (Phi) is 4.16. The van der Waals surface area contributed by atoms with Crippen molar-refractivity contribution in [3.63, 3.8) is 0 Å². The van der Waals surface area contributed by atoms with Crippen LogP contribution in [-0.2, 0) is 6.42 Å². The minimum absolute atomic E-state index is 0.604. The van der Waals surface area contributed by atoms with Gasteiger partial charge in [-0.3, -0.25) is 0 Å². The van der Waals surface area contributed by atoms with E-state index < -0.39 is 0 Å². The molecule has 2 aromatic rings. The van der Waals surface area contributed by atoms with E-state index in [4.69, 9.17) is 10.2 Å². The zero-order valence-electron chi connectivity index (χ0n) is 11.8. The number of oxazole rings is 1. The summed E-state index contributed by atoms with van der Waals surface area (Å²) in [6, 6.07) is 8.72.